The van der Waals surface area contributed by atoms with Gasteiger partial charge in [-0.05, 0) is 19.4 Å². The van der Waals surface area contributed by atoms with E-state index in [9.17, 15) is 8.42 Å². The Balaban J connectivity index is 2.27. The predicted octanol–water partition coefficient (Wildman–Crippen LogP) is 2.05. The maximum absolute atomic E-state index is 12.7. The van der Waals surface area contributed by atoms with Crippen LogP contribution in [0.5, 0.6) is 0 Å². The van der Waals surface area contributed by atoms with Crippen LogP contribution in [0.3, 0.4) is 0 Å². The lowest BCUT2D eigenvalue weighted by atomic mass is 10.2. The number of halogens is 1. The Morgan fingerprint density at radius 3 is 2.75 bits per heavy atom. The molecule has 0 aromatic carbocycles. The normalized spacial score (nSPS) is 21.2. The van der Waals surface area contributed by atoms with Crippen LogP contribution in [0, 0.1) is 0 Å². The van der Waals surface area contributed by atoms with Gasteiger partial charge in [0.2, 0.25) is 10.0 Å². The zero-order valence-electron chi connectivity index (χ0n) is 11.9. The summed E-state index contributed by atoms with van der Waals surface area (Å²) in [4.78, 5) is 0.326. The Hall–Kier alpha value is -0.560. The van der Waals surface area contributed by atoms with E-state index in [1.54, 1.807) is 12.3 Å². The molecule has 1 saturated heterocycles. The second kappa shape index (κ2) is 6.47. The quantitative estimate of drug-likeness (QED) is 0.780. The highest BCUT2D eigenvalue weighted by Gasteiger charge is 2.31. The van der Waals surface area contributed by atoms with Crippen LogP contribution in [0.2, 0.25) is 0 Å². The molecule has 2 heterocycles. The molecular formula is C13H21ClN2O3S. The average molecular weight is 321 g/mol. The Morgan fingerprint density at radius 1 is 1.45 bits per heavy atom. The number of nitrogens with zero attached hydrogens (tertiary/aromatic N) is 2. The van der Waals surface area contributed by atoms with Crippen molar-refractivity contribution in [2.24, 2.45) is 0 Å². The molecule has 0 bridgehead atoms. The maximum atomic E-state index is 12.7. The number of morpholine rings is 1. The van der Waals surface area contributed by atoms with Gasteiger partial charge in [-0.1, -0.05) is 6.92 Å². The fraction of sp³-hybridized carbons (Fsp3) is 0.692. The van der Waals surface area contributed by atoms with Crippen molar-refractivity contribution < 1.29 is 13.2 Å². The number of alkyl halides is 1. The molecule has 0 N–H and O–H groups in total. The summed E-state index contributed by atoms with van der Waals surface area (Å²) in [5, 5.41) is 0. The third-order valence-electron chi connectivity index (χ3n) is 3.63. The molecule has 5 nitrogen and oxygen atoms in total. The maximum Gasteiger partial charge on any atom is 0.244 e. The molecule has 1 aliphatic heterocycles. The highest BCUT2D eigenvalue weighted by molar-refractivity contribution is 7.89. The predicted molar refractivity (Wildman–Crippen MR) is 78.5 cm³/mol. The van der Waals surface area contributed by atoms with Crippen LogP contribution in [0.25, 0.3) is 0 Å². The first kappa shape index (κ1) is 15.8. The summed E-state index contributed by atoms with van der Waals surface area (Å²) in [7, 11) is -3.45. The average Bonchev–Trinajstić information content (AvgIpc) is 2.91. The van der Waals surface area contributed by atoms with Crippen LogP contribution in [0.4, 0.5) is 0 Å². The molecule has 0 radical (unpaired) electrons. The van der Waals surface area contributed by atoms with Crippen molar-refractivity contribution in [2.75, 3.05) is 19.7 Å². The Bertz CT molecular complexity index is 534. The lowest BCUT2D eigenvalue weighted by molar-refractivity contribution is -0.00277. The number of rotatable bonds is 5. The van der Waals surface area contributed by atoms with Crippen LogP contribution in [-0.4, -0.2) is 43.1 Å². The van der Waals surface area contributed by atoms with Crippen LogP contribution in [0.1, 0.15) is 26.0 Å². The third kappa shape index (κ3) is 3.03. The van der Waals surface area contributed by atoms with E-state index in [0.29, 0.717) is 37.0 Å². The van der Waals surface area contributed by atoms with Crippen molar-refractivity contribution in [3.05, 3.63) is 18.0 Å². The molecule has 0 amide bonds. The third-order valence-corrected chi connectivity index (χ3v) is 5.74. The number of hydrogen-bond donors (Lipinski definition) is 0. The molecule has 2 rings (SSSR count). The molecule has 7 heteroatoms. The lowest BCUT2D eigenvalue weighted by Gasteiger charge is -2.31. The van der Waals surface area contributed by atoms with Crippen molar-refractivity contribution in [1.29, 1.82) is 0 Å². The van der Waals surface area contributed by atoms with Gasteiger partial charge in [0.05, 0.1) is 18.6 Å². The number of ether oxygens (including phenoxy) is 1. The van der Waals surface area contributed by atoms with E-state index in [2.05, 4.69) is 0 Å². The minimum Gasteiger partial charge on any atom is -0.375 e. The van der Waals surface area contributed by atoms with Crippen LogP contribution < -0.4 is 0 Å². The first-order valence-corrected chi connectivity index (χ1v) is 8.87. The van der Waals surface area contributed by atoms with Gasteiger partial charge in [0.1, 0.15) is 4.90 Å². The first-order valence-electron chi connectivity index (χ1n) is 6.89. The molecule has 1 aromatic heterocycles. The van der Waals surface area contributed by atoms with Gasteiger partial charge in [-0.15, -0.1) is 11.6 Å². The van der Waals surface area contributed by atoms with E-state index in [4.69, 9.17) is 16.3 Å². The van der Waals surface area contributed by atoms with Crippen molar-refractivity contribution in [2.45, 2.75) is 43.7 Å². The topological polar surface area (TPSA) is 51.5 Å². The van der Waals surface area contributed by atoms with E-state index in [-0.39, 0.29) is 6.10 Å². The molecule has 0 spiro atoms. The summed E-state index contributed by atoms with van der Waals surface area (Å²) in [6.45, 7) is 5.96. The fourth-order valence-corrected chi connectivity index (χ4v) is 4.13. The number of sulfonamides is 1. The summed E-state index contributed by atoms with van der Waals surface area (Å²) >= 11 is 5.86. The molecule has 114 valence electrons. The first-order chi connectivity index (χ1) is 9.52. The zero-order valence-corrected chi connectivity index (χ0v) is 13.5. The molecule has 1 fully saturated rings. The highest BCUT2D eigenvalue weighted by atomic mass is 35.5. The Labute approximate surface area is 125 Å². The monoisotopic (exact) mass is 320 g/mol. The molecule has 1 atom stereocenters. The van der Waals surface area contributed by atoms with Gasteiger partial charge in [-0.2, -0.15) is 4.31 Å². The Kier molecular flexibility index (Phi) is 5.12. The summed E-state index contributed by atoms with van der Waals surface area (Å²) in [5.41, 5.74) is 0.827. The molecular weight excluding hydrogens is 300 g/mol. The summed E-state index contributed by atoms with van der Waals surface area (Å²) in [5.74, 6) is 0.310. The zero-order chi connectivity index (χ0) is 14.8. The van der Waals surface area contributed by atoms with Gasteiger partial charge in [-0.3, -0.25) is 0 Å². The fourth-order valence-electron chi connectivity index (χ4n) is 2.38. The highest BCUT2D eigenvalue weighted by Crippen LogP contribution is 2.22. The molecule has 1 aliphatic rings. The van der Waals surface area contributed by atoms with E-state index in [0.717, 1.165) is 12.1 Å². The largest absolute Gasteiger partial charge is 0.375 e. The number of aryl methyl sites for hydroxylation is 1. The minimum absolute atomic E-state index is 0.0146. The van der Waals surface area contributed by atoms with Crippen LogP contribution >= 0.6 is 11.6 Å². The number of aromatic nitrogens is 1. The smallest absolute Gasteiger partial charge is 0.244 e. The molecule has 20 heavy (non-hydrogen) atoms. The van der Waals surface area contributed by atoms with Crippen LogP contribution in [-0.2, 0) is 27.2 Å². The van der Waals surface area contributed by atoms with E-state index in [1.165, 1.54) is 4.31 Å². The van der Waals surface area contributed by atoms with Gasteiger partial charge in [0.15, 0.2) is 0 Å². The summed E-state index contributed by atoms with van der Waals surface area (Å²) < 4.78 is 34.2. The van der Waals surface area contributed by atoms with E-state index in [1.807, 2.05) is 18.4 Å². The summed E-state index contributed by atoms with van der Waals surface area (Å²) in [6, 6.07) is 1.67. The molecule has 0 saturated carbocycles. The van der Waals surface area contributed by atoms with Crippen molar-refractivity contribution in [3.63, 3.8) is 0 Å². The van der Waals surface area contributed by atoms with Crippen molar-refractivity contribution in [1.82, 2.24) is 8.87 Å². The van der Waals surface area contributed by atoms with Gasteiger partial charge in [0, 0.05) is 31.5 Å². The van der Waals surface area contributed by atoms with Crippen LogP contribution in [0.15, 0.2) is 17.2 Å². The van der Waals surface area contributed by atoms with E-state index >= 15 is 0 Å². The van der Waals surface area contributed by atoms with Gasteiger partial charge < -0.3 is 9.30 Å². The summed E-state index contributed by atoms with van der Waals surface area (Å²) in [6.07, 6.45) is 2.47. The number of hydrogen-bond acceptors (Lipinski definition) is 3. The second-order valence-corrected chi connectivity index (χ2v) is 7.06. The van der Waals surface area contributed by atoms with E-state index < -0.39 is 10.0 Å². The SMILES string of the molecule is CCC1CN(S(=O)(=O)c2cc(CCl)n(CC)c2)CCO1. The standard InChI is InChI=1S/C13H21ClN2O3S/c1-3-12-9-16(5-6-19-12)20(17,18)13-7-11(8-14)15(4-2)10-13/h7,10,12H,3-6,8-9H2,1-2H3. The van der Waals surface area contributed by atoms with Gasteiger partial charge in [-0.25, -0.2) is 8.42 Å². The van der Waals surface area contributed by atoms with Crippen molar-refractivity contribution >= 4 is 21.6 Å². The van der Waals surface area contributed by atoms with Crippen molar-refractivity contribution in [3.8, 4) is 0 Å². The molecule has 1 aromatic rings. The molecule has 0 aliphatic carbocycles. The lowest BCUT2D eigenvalue weighted by Crippen LogP contribution is -2.45. The minimum atomic E-state index is -3.45. The van der Waals surface area contributed by atoms with Gasteiger partial charge in [0.25, 0.3) is 0 Å². The molecule has 1 unspecified atom stereocenters. The second-order valence-electron chi connectivity index (χ2n) is 4.85. The Morgan fingerprint density at radius 2 is 2.20 bits per heavy atom. The van der Waals surface area contributed by atoms with Gasteiger partial charge >= 0.3 is 0 Å².